The van der Waals surface area contributed by atoms with Gasteiger partial charge in [0.15, 0.2) is 6.61 Å². The van der Waals surface area contributed by atoms with E-state index in [1.807, 2.05) is 13.8 Å². The number of hydrogen-bond donors (Lipinski definition) is 3. The summed E-state index contributed by atoms with van der Waals surface area (Å²) in [5.41, 5.74) is 5.01. The lowest BCUT2D eigenvalue weighted by Gasteiger charge is -2.17. The fourth-order valence-corrected chi connectivity index (χ4v) is 1.62. The minimum Gasteiger partial charge on any atom is -0.454 e. The summed E-state index contributed by atoms with van der Waals surface area (Å²) in [6.45, 7) is 3.25. The second kappa shape index (κ2) is 8.55. The van der Waals surface area contributed by atoms with Gasteiger partial charge in [-0.25, -0.2) is 19.6 Å². The highest BCUT2D eigenvalue weighted by molar-refractivity contribution is 5.92. The number of urea groups is 1. The molecule has 0 aliphatic carbocycles. The zero-order valence-electron chi connectivity index (χ0n) is 12.4. The third kappa shape index (κ3) is 6.64. The van der Waals surface area contributed by atoms with E-state index in [1.165, 1.54) is 12.4 Å². The van der Waals surface area contributed by atoms with Crippen LogP contribution in [0.1, 0.15) is 20.3 Å². The maximum Gasteiger partial charge on any atom is 0.329 e. The van der Waals surface area contributed by atoms with Gasteiger partial charge in [0.1, 0.15) is 6.04 Å². The number of nitrogens with two attached hydrogens (primary N) is 1. The first-order valence-corrected chi connectivity index (χ1v) is 6.68. The molecule has 0 aromatic carbocycles. The molecule has 0 aliphatic rings. The van der Waals surface area contributed by atoms with Crippen LogP contribution in [-0.4, -0.2) is 40.5 Å². The van der Waals surface area contributed by atoms with Gasteiger partial charge in [-0.2, -0.15) is 0 Å². The largest absolute Gasteiger partial charge is 0.454 e. The SMILES string of the molecule is CC(C)CC(NC(N)=O)C(=O)OCC(=O)Nc1ncccn1. The van der Waals surface area contributed by atoms with Crippen LogP contribution in [0, 0.1) is 5.92 Å². The van der Waals surface area contributed by atoms with Gasteiger partial charge in [-0.05, 0) is 18.4 Å². The Kier molecular flexibility index (Phi) is 6.74. The van der Waals surface area contributed by atoms with Gasteiger partial charge >= 0.3 is 12.0 Å². The number of nitrogens with zero attached hydrogens (tertiary/aromatic N) is 2. The van der Waals surface area contributed by atoms with E-state index < -0.39 is 30.6 Å². The maximum absolute atomic E-state index is 11.9. The third-order valence-electron chi connectivity index (χ3n) is 2.47. The van der Waals surface area contributed by atoms with Crippen molar-refractivity contribution in [3.05, 3.63) is 18.5 Å². The number of esters is 1. The molecule has 1 aromatic heterocycles. The number of aromatic nitrogens is 2. The van der Waals surface area contributed by atoms with Gasteiger partial charge in [-0.15, -0.1) is 0 Å². The summed E-state index contributed by atoms with van der Waals surface area (Å²) in [6, 6.07) is -0.121. The molecule has 1 aromatic rings. The molecule has 0 aliphatic heterocycles. The number of hydrogen-bond acceptors (Lipinski definition) is 6. The Labute approximate surface area is 127 Å². The smallest absolute Gasteiger partial charge is 0.329 e. The molecule has 0 saturated carbocycles. The first-order chi connectivity index (χ1) is 10.4. The molecule has 1 rings (SSSR count). The first kappa shape index (κ1) is 17.3. The fourth-order valence-electron chi connectivity index (χ4n) is 1.62. The fraction of sp³-hybridized carbons (Fsp3) is 0.462. The Balaban J connectivity index is 2.47. The van der Waals surface area contributed by atoms with E-state index in [9.17, 15) is 14.4 Å². The average Bonchev–Trinajstić information content (AvgIpc) is 2.44. The summed E-state index contributed by atoms with van der Waals surface area (Å²) in [7, 11) is 0. The highest BCUT2D eigenvalue weighted by atomic mass is 16.5. The van der Waals surface area contributed by atoms with Crippen LogP contribution in [-0.2, 0) is 14.3 Å². The number of carbonyl (C=O) groups excluding carboxylic acids is 3. The van der Waals surface area contributed by atoms with E-state index in [-0.39, 0.29) is 11.9 Å². The summed E-state index contributed by atoms with van der Waals surface area (Å²) in [4.78, 5) is 42.0. The lowest BCUT2D eigenvalue weighted by atomic mass is 10.0. The Morgan fingerprint density at radius 2 is 1.91 bits per heavy atom. The number of amides is 3. The molecule has 120 valence electrons. The Bertz CT molecular complexity index is 520. The van der Waals surface area contributed by atoms with Crippen molar-refractivity contribution < 1.29 is 19.1 Å². The number of primary amides is 1. The predicted octanol–water partition coefficient (Wildman–Crippen LogP) is 0.0413. The van der Waals surface area contributed by atoms with E-state index in [4.69, 9.17) is 10.5 Å². The van der Waals surface area contributed by atoms with Gasteiger partial charge in [0.2, 0.25) is 5.95 Å². The molecular weight excluding hydrogens is 290 g/mol. The molecule has 9 nitrogen and oxygen atoms in total. The van der Waals surface area contributed by atoms with E-state index >= 15 is 0 Å². The van der Waals surface area contributed by atoms with E-state index in [0.717, 1.165) is 0 Å². The maximum atomic E-state index is 11.9. The summed E-state index contributed by atoms with van der Waals surface area (Å²) in [6.07, 6.45) is 3.28. The number of ether oxygens (including phenoxy) is 1. The van der Waals surface area contributed by atoms with Gasteiger partial charge in [-0.3, -0.25) is 10.1 Å². The molecule has 0 saturated heterocycles. The average molecular weight is 309 g/mol. The zero-order valence-corrected chi connectivity index (χ0v) is 12.4. The topological polar surface area (TPSA) is 136 Å². The van der Waals surface area contributed by atoms with Crippen LogP contribution in [0.15, 0.2) is 18.5 Å². The van der Waals surface area contributed by atoms with Gasteiger partial charge < -0.3 is 15.8 Å². The molecule has 0 bridgehead atoms. The molecule has 9 heteroatoms. The van der Waals surface area contributed by atoms with Crippen molar-refractivity contribution in [3.63, 3.8) is 0 Å². The summed E-state index contributed by atoms with van der Waals surface area (Å²) in [5, 5.41) is 4.66. The summed E-state index contributed by atoms with van der Waals surface area (Å²) in [5.74, 6) is -1.06. The van der Waals surface area contributed by atoms with E-state index in [1.54, 1.807) is 6.07 Å². The van der Waals surface area contributed by atoms with E-state index in [2.05, 4.69) is 20.6 Å². The van der Waals surface area contributed by atoms with Crippen molar-refractivity contribution >= 4 is 23.9 Å². The van der Waals surface area contributed by atoms with Gasteiger partial charge in [0.05, 0.1) is 0 Å². The molecule has 0 fully saturated rings. The highest BCUT2D eigenvalue weighted by Gasteiger charge is 2.23. The Morgan fingerprint density at radius 1 is 1.27 bits per heavy atom. The number of anilines is 1. The quantitative estimate of drug-likeness (QED) is 0.608. The van der Waals surface area contributed by atoms with Crippen molar-refractivity contribution in [2.75, 3.05) is 11.9 Å². The van der Waals surface area contributed by atoms with Crippen LogP contribution < -0.4 is 16.4 Å². The van der Waals surface area contributed by atoms with Crippen LogP contribution in [0.3, 0.4) is 0 Å². The molecule has 3 amide bonds. The Morgan fingerprint density at radius 3 is 2.45 bits per heavy atom. The number of carbonyl (C=O) groups is 3. The lowest BCUT2D eigenvalue weighted by Crippen LogP contribution is -2.45. The van der Waals surface area contributed by atoms with Crippen molar-refractivity contribution in [2.24, 2.45) is 11.7 Å². The van der Waals surface area contributed by atoms with Crippen molar-refractivity contribution in [3.8, 4) is 0 Å². The van der Waals surface area contributed by atoms with Gasteiger partial charge in [0.25, 0.3) is 5.91 Å². The normalized spacial score (nSPS) is 11.6. The standard InChI is InChI=1S/C13H19N5O4/c1-8(2)6-9(17-12(14)21)11(20)22-7-10(19)18-13-15-4-3-5-16-13/h3-5,8-9H,6-7H2,1-2H3,(H3,14,17,21)(H,15,16,18,19). The van der Waals surface area contributed by atoms with Crippen LogP contribution in [0.4, 0.5) is 10.7 Å². The van der Waals surface area contributed by atoms with Gasteiger partial charge in [-0.1, -0.05) is 13.8 Å². The van der Waals surface area contributed by atoms with Crippen LogP contribution in [0.5, 0.6) is 0 Å². The third-order valence-corrected chi connectivity index (χ3v) is 2.47. The number of rotatable bonds is 7. The summed E-state index contributed by atoms with van der Waals surface area (Å²) < 4.78 is 4.86. The molecule has 0 spiro atoms. The lowest BCUT2D eigenvalue weighted by molar-refractivity contribution is -0.149. The zero-order chi connectivity index (χ0) is 16.5. The van der Waals surface area contributed by atoms with Crippen LogP contribution in [0.25, 0.3) is 0 Å². The molecule has 1 heterocycles. The predicted molar refractivity (Wildman–Crippen MR) is 77.6 cm³/mol. The van der Waals surface area contributed by atoms with Crippen LogP contribution >= 0.6 is 0 Å². The minimum atomic E-state index is -0.890. The second-order valence-corrected chi connectivity index (χ2v) is 4.92. The monoisotopic (exact) mass is 309 g/mol. The second-order valence-electron chi connectivity index (χ2n) is 4.92. The first-order valence-electron chi connectivity index (χ1n) is 6.68. The molecule has 1 atom stereocenters. The van der Waals surface area contributed by atoms with Gasteiger partial charge in [0, 0.05) is 12.4 Å². The highest BCUT2D eigenvalue weighted by Crippen LogP contribution is 2.06. The minimum absolute atomic E-state index is 0.109. The molecule has 4 N–H and O–H groups in total. The molecular formula is C13H19N5O4. The van der Waals surface area contributed by atoms with Crippen molar-refractivity contribution in [1.82, 2.24) is 15.3 Å². The molecule has 1 unspecified atom stereocenters. The van der Waals surface area contributed by atoms with E-state index in [0.29, 0.717) is 6.42 Å². The summed E-state index contributed by atoms with van der Waals surface area (Å²) >= 11 is 0. The van der Waals surface area contributed by atoms with Crippen molar-refractivity contribution in [1.29, 1.82) is 0 Å². The molecule has 22 heavy (non-hydrogen) atoms. The van der Waals surface area contributed by atoms with Crippen LogP contribution in [0.2, 0.25) is 0 Å². The molecule has 0 radical (unpaired) electrons. The Hall–Kier alpha value is -2.71. The van der Waals surface area contributed by atoms with Crippen molar-refractivity contribution in [2.45, 2.75) is 26.3 Å². The number of nitrogens with one attached hydrogen (secondary N) is 2.